The zero-order valence-electron chi connectivity index (χ0n) is 12.8. The molecule has 0 radical (unpaired) electrons. The van der Waals surface area contributed by atoms with E-state index in [-0.39, 0.29) is 0 Å². The molecule has 3 unspecified atom stereocenters. The number of hydrogen-bond donors (Lipinski definition) is 1. The summed E-state index contributed by atoms with van der Waals surface area (Å²) in [5.74, 6) is 0.707. The molecule has 1 fully saturated rings. The van der Waals surface area contributed by atoms with Gasteiger partial charge in [-0.2, -0.15) is 0 Å². The molecule has 0 saturated carbocycles. The third kappa shape index (κ3) is 3.80. The molecule has 0 aliphatic carbocycles. The number of rotatable bonds is 4. The van der Waals surface area contributed by atoms with Crippen LogP contribution in [0.5, 0.6) is 0 Å². The number of benzene rings is 1. The number of nitrogens with zero attached hydrogens (tertiary/aromatic N) is 1. The second-order valence-electron chi connectivity index (χ2n) is 6.36. The normalized spacial score (nSPS) is 26.6. The van der Waals surface area contributed by atoms with Crippen LogP contribution in [-0.4, -0.2) is 36.1 Å². The zero-order chi connectivity index (χ0) is 13.8. The van der Waals surface area contributed by atoms with Crippen LogP contribution in [0.2, 0.25) is 0 Å². The highest BCUT2D eigenvalue weighted by atomic mass is 15.3. The summed E-state index contributed by atoms with van der Waals surface area (Å²) in [7, 11) is 0. The minimum absolute atomic E-state index is 0.605. The second-order valence-corrected chi connectivity index (χ2v) is 6.36. The van der Waals surface area contributed by atoms with Gasteiger partial charge in [0, 0.05) is 31.2 Å². The van der Waals surface area contributed by atoms with Crippen LogP contribution in [0.15, 0.2) is 30.3 Å². The molecule has 1 aromatic carbocycles. The first kappa shape index (κ1) is 14.5. The fourth-order valence-electron chi connectivity index (χ4n) is 3.15. The average molecular weight is 260 g/mol. The summed E-state index contributed by atoms with van der Waals surface area (Å²) in [5.41, 5.74) is 1.45. The van der Waals surface area contributed by atoms with Gasteiger partial charge >= 0.3 is 0 Å². The van der Waals surface area contributed by atoms with Crippen molar-refractivity contribution in [2.45, 2.75) is 52.2 Å². The van der Waals surface area contributed by atoms with Gasteiger partial charge in [0.05, 0.1) is 0 Å². The summed E-state index contributed by atoms with van der Waals surface area (Å²) >= 11 is 0. The van der Waals surface area contributed by atoms with Crippen LogP contribution in [0.1, 0.15) is 33.3 Å². The Morgan fingerprint density at radius 2 is 1.89 bits per heavy atom. The van der Waals surface area contributed by atoms with Crippen LogP contribution < -0.4 is 5.32 Å². The van der Waals surface area contributed by atoms with E-state index in [0.29, 0.717) is 24.0 Å². The Bertz CT molecular complexity index is 374. The third-order valence-electron chi connectivity index (χ3n) is 4.30. The highest BCUT2D eigenvalue weighted by molar-refractivity contribution is 5.16. The van der Waals surface area contributed by atoms with E-state index in [0.717, 1.165) is 19.5 Å². The van der Waals surface area contributed by atoms with Crippen LogP contribution in [-0.2, 0) is 6.42 Å². The van der Waals surface area contributed by atoms with Gasteiger partial charge in [0.1, 0.15) is 0 Å². The number of nitrogens with one attached hydrogen (secondary N) is 1. The lowest BCUT2D eigenvalue weighted by Crippen LogP contribution is -2.60. The average Bonchev–Trinajstić information content (AvgIpc) is 2.39. The SMILES string of the molecule is CC1CN(C(C)Cc2ccccc2)C(C(C)C)CN1. The van der Waals surface area contributed by atoms with E-state index in [9.17, 15) is 0 Å². The summed E-state index contributed by atoms with van der Waals surface area (Å²) < 4.78 is 0. The summed E-state index contributed by atoms with van der Waals surface area (Å²) in [6.45, 7) is 11.6. The molecule has 1 N–H and O–H groups in total. The molecule has 1 heterocycles. The summed E-state index contributed by atoms with van der Waals surface area (Å²) in [4.78, 5) is 2.71. The molecule has 1 aliphatic rings. The van der Waals surface area contributed by atoms with Gasteiger partial charge in [-0.3, -0.25) is 4.90 Å². The Morgan fingerprint density at radius 1 is 1.21 bits per heavy atom. The van der Waals surface area contributed by atoms with Crippen molar-refractivity contribution >= 4 is 0 Å². The Morgan fingerprint density at radius 3 is 2.53 bits per heavy atom. The minimum Gasteiger partial charge on any atom is -0.311 e. The lowest BCUT2D eigenvalue weighted by atomic mass is 9.95. The van der Waals surface area contributed by atoms with Gasteiger partial charge in [-0.25, -0.2) is 0 Å². The van der Waals surface area contributed by atoms with Gasteiger partial charge in [0.15, 0.2) is 0 Å². The molecular weight excluding hydrogens is 232 g/mol. The van der Waals surface area contributed by atoms with Crippen LogP contribution in [0.25, 0.3) is 0 Å². The molecule has 2 rings (SSSR count). The maximum atomic E-state index is 3.62. The fourth-order valence-corrected chi connectivity index (χ4v) is 3.15. The molecule has 0 spiro atoms. The molecule has 1 aromatic rings. The molecule has 19 heavy (non-hydrogen) atoms. The Labute approximate surface area is 118 Å². The molecule has 0 bridgehead atoms. The van der Waals surface area contributed by atoms with Gasteiger partial charge < -0.3 is 5.32 Å². The number of piperazine rings is 1. The molecule has 2 nitrogen and oxygen atoms in total. The monoisotopic (exact) mass is 260 g/mol. The Kier molecular flexibility index (Phi) is 5.00. The van der Waals surface area contributed by atoms with Gasteiger partial charge in [-0.1, -0.05) is 44.2 Å². The molecule has 106 valence electrons. The maximum absolute atomic E-state index is 3.62. The van der Waals surface area contributed by atoms with E-state index < -0.39 is 0 Å². The highest BCUT2D eigenvalue weighted by Crippen LogP contribution is 2.20. The van der Waals surface area contributed by atoms with E-state index >= 15 is 0 Å². The van der Waals surface area contributed by atoms with Crippen LogP contribution >= 0.6 is 0 Å². The Hall–Kier alpha value is -0.860. The molecule has 3 atom stereocenters. The zero-order valence-corrected chi connectivity index (χ0v) is 12.8. The second kappa shape index (κ2) is 6.53. The van der Waals surface area contributed by atoms with Crippen molar-refractivity contribution in [1.29, 1.82) is 0 Å². The molecule has 1 aliphatic heterocycles. The molecule has 0 amide bonds. The van der Waals surface area contributed by atoms with Crippen molar-refractivity contribution < 1.29 is 0 Å². The number of hydrogen-bond acceptors (Lipinski definition) is 2. The van der Waals surface area contributed by atoms with Gasteiger partial charge in [-0.05, 0) is 31.7 Å². The van der Waals surface area contributed by atoms with Gasteiger partial charge in [-0.15, -0.1) is 0 Å². The first-order valence-corrected chi connectivity index (χ1v) is 7.61. The van der Waals surface area contributed by atoms with Gasteiger partial charge in [0.2, 0.25) is 0 Å². The van der Waals surface area contributed by atoms with Crippen LogP contribution in [0.3, 0.4) is 0 Å². The fraction of sp³-hybridized carbons (Fsp3) is 0.647. The topological polar surface area (TPSA) is 15.3 Å². The predicted molar refractivity (Wildman–Crippen MR) is 82.4 cm³/mol. The molecule has 0 aromatic heterocycles. The molecular formula is C17H28N2. The third-order valence-corrected chi connectivity index (χ3v) is 4.30. The van der Waals surface area contributed by atoms with E-state index in [1.165, 1.54) is 5.56 Å². The predicted octanol–water partition coefficient (Wildman–Crippen LogP) is 2.94. The minimum atomic E-state index is 0.605. The summed E-state index contributed by atoms with van der Waals surface area (Å²) in [6.07, 6.45) is 1.15. The molecule has 1 saturated heterocycles. The summed E-state index contributed by atoms with van der Waals surface area (Å²) in [5, 5.41) is 3.62. The van der Waals surface area contributed by atoms with E-state index in [1.54, 1.807) is 0 Å². The lowest BCUT2D eigenvalue weighted by Gasteiger charge is -2.45. The first-order chi connectivity index (χ1) is 9.08. The quantitative estimate of drug-likeness (QED) is 0.895. The van der Waals surface area contributed by atoms with E-state index in [1.807, 2.05) is 0 Å². The van der Waals surface area contributed by atoms with Crippen molar-refractivity contribution in [2.24, 2.45) is 5.92 Å². The smallest absolute Gasteiger partial charge is 0.0247 e. The van der Waals surface area contributed by atoms with Crippen molar-refractivity contribution in [3.8, 4) is 0 Å². The highest BCUT2D eigenvalue weighted by Gasteiger charge is 2.31. The first-order valence-electron chi connectivity index (χ1n) is 7.61. The summed E-state index contributed by atoms with van der Waals surface area (Å²) in [6, 6.07) is 12.7. The largest absolute Gasteiger partial charge is 0.311 e. The lowest BCUT2D eigenvalue weighted by molar-refractivity contribution is 0.0661. The van der Waals surface area contributed by atoms with Crippen LogP contribution in [0, 0.1) is 5.92 Å². The molecule has 2 heteroatoms. The van der Waals surface area contributed by atoms with Crippen molar-refractivity contribution in [3.63, 3.8) is 0 Å². The van der Waals surface area contributed by atoms with E-state index in [4.69, 9.17) is 0 Å². The Balaban J connectivity index is 2.04. The van der Waals surface area contributed by atoms with Crippen molar-refractivity contribution in [3.05, 3.63) is 35.9 Å². The van der Waals surface area contributed by atoms with Crippen molar-refractivity contribution in [2.75, 3.05) is 13.1 Å². The van der Waals surface area contributed by atoms with Gasteiger partial charge in [0.25, 0.3) is 0 Å². The standard InChI is InChI=1S/C17H28N2/c1-13(2)17-11-18-14(3)12-19(17)15(4)10-16-8-6-5-7-9-16/h5-9,13-15,17-18H,10-12H2,1-4H3. The maximum Gasteiger partial charge on any atom is 0.0247 e. The van der Waals surface area contributed by atoms with E-state index in [2.05, 4.69) is 68.2 Å². The van der Waals surface area contributed by atoms with Crippen molar-refractivity contribution in [1.82, 2.24) is 10.2 Å². The van der Waals surface area contributed by atoms with Crippen LogP contribution in [0.4, 0.5) is 0 Å².